The number of piperidine rings is 1. The van der Waals surface area contributed by atoms with Gasteiger partial charge in [-0.25, -0.2) is 4.98 Å². The lowest BCUT2D eigenvalue weighted by Crippen LogP contribution is -2.40. The zero-order valence-electron chi connectivity index (χ0n) is 12.6. The molecule has 2 heterocycles. The second-order valence-corrected chi connectivity index (χ2v) is 5.93. The van der Waals surface area contributed by atoms with Crippen LogP contribution in [-0.4, -0.2) is 36.1 Å². The van der Waals surface area contributed by atoms with Crippen molar-refractivity contribution in [2.75, 3.05) is 20.1 Å². The molecule has 1 saturated heterocycles. The number of hydrogen-bond donors (Lipinski definition) is 1. The second kappa shape index (κ2) is 7.97. The summed E-state index contributed by atoms with van der Waals surface area (Å²) in [6.07, 6.45) is 4.14. The monoisotopic (exact) mass is 341 g/mol. The molecule has 1 aromatic carbocycles. The third-order valence-electron chi connectivity index (χ3n) is 4.02. The Morgan fingerprint density at radius 2 is 1.95 bits per heavy atom. The average molecular weight is 342 g/mol. The molecule has 4 nitrogen and oxygen atoms in total. The fourth-order valence-corrected chi connectivity index (χ4v) is 2.84. The molecule has 2 aromatic rings. The van der Waals surface area contributed by atoms with Crippen LogP contribution in [0.4, 0.5) is 0 Å². The quantitative estimate of drug-likeness (QED) is 0.922. The number of halogens is 2. The largest absolute Gasteiger partial charge is 0.444 e. The van der Waals surface area contributed by atoms with Crippen LogP contribution in [0.3, 0.4) is 0 Å². The van der Waals surface area contributed by atoms with Crippen molar-refractivity contribution in [2.45, 2.75) is 25.4 Å². The van der Waals surface area contributed by atoms with E-state index in [0.29, 0.717) is 11.9 Å². The van der Waals surface area contributed by atoms with Gasteiger partial charge in [0.2, 0.25) is 5.89 Å². The maximum Gasteiger partial charge on any atom is 0.226 e. The van der Waals surface area contributed by atoms with Gasteiger partial charge in [-0.3, -0.25) is 4.90 Å². The van der Waals surface area contributed by atoms with Gasteiger partial charge in [0.05, 0.1) is 5.69 Å². The SMILES string of the molecule is CNC1CCN(Cc2coc(-c3ccc(Cl)cc3)n2)CC1.Cl. The van der Waals surface area contributed by atoms with E-state index >= 15 is 0 Å². The maximum absolute atomic E-state index is 5.89. The molecule has 22 heavy (non-hydrogen) atoms. The molecule has 1 aromatic heterocycles. The Morgan fingerprint density at radius 1 is 1.27 bits per heavy atom. The summed E-state index contributed by atoms with van der Waals surface area (Å²) >= 11 is 5.89. The van der Waals surface area contributed by atoms with Gasteiger partial charge < -0.3 is 9.73 Å². The molecular formula is C16H21Cl2N3O. The van der Waals surface area contributed by atoms with Crippen LogP contribution in [0, 0.1) is 0 Å². The Hall–Kier alpha value is -1.07. The summed E-state index contributed by atoms with van der Waals surface area (Å²) in [5.74, 6) is 0.659. The van der Waals surface area contributed by atoms with Crippen LogP contribution in [0.5, 0.6) is 0 Å². The lowest BCUT2D eigenvalue weighted by molar-refractivity contribution is 0.192. The van der Waals surface area contributed by atoms with E-state index in [4.69, 9.17) is 16.0 Å². The van der Waals surface area contributed by atoms with Crippen LogP contribution in [0.25, 0.3) is 11.5 Å². The van der Waals surface area contributed by atoms with Crippen LogP contribution in [0.2, 0.25) is 5.02 Å². The van der Waals surface area contributed by atoms with Gasteiger partial charge in [0.15, 0.2) is 0 Å². The number of nitrogens with zero attached hydrogens (tertiary/aromatic N) is 2. The molecule has 0 atom stereocenters. The van der Waals surface area contributed by atoms with Gasteiger partial charge in [0.1, 0.15) is 6.26 Å². The van der Waals surface area contributed by atoms with E-state index in [2.05, 4.69) is 15.2 Å². The van der Waals surface area contributed by atoms with Gasteiger partial charge >= 0.3 is 0 Å². The van der Waals surface area contributed by atoms with Crippen molar-refractivity contribution in [1.29, 1.82) is 0 Å². The molecule has 3 rings (SSSR count). The molecule has 1 aliphatic heterocycles. The van der Waals surface area contributed by atoms with Gasteiger partial charge in [-0.05, 0) is 44.2 Å². The Bertz CT molecular complexity index is 577. The van der Waals surface area contributed by atoms with Crippen LogP contribution in [-0.2, 0) is 6.54 Å². The van der Waals surface area contributed by atoms with Crippen molar-refractivity contribution in [3.05, 3.63) is 41.2 Å². The predicted molar refractivity (Wildman–Crippen MR) is 91.6 cm³/mol. The van der Waals surface area contributed by atoms with E-state index in [0.717, 1.165) is 35.9 Å². The smallest absolute Gasteiger partial charge is 0.226 e. The van der Waals surface area contributed by atoms with E-state index in [9.17, 15) is 0 Å². The number of hydrogen-bond acceptors (Lipinski definition) is 4. The average Bonchev–Trinajstić information content (AvgIpc) is 2.97. The molecule has 0 spiro atoms. The maximum atomic E-state index is 5.89. The van der Waals surface area contributed by atoms with Crippen LogP contribution in [0.1, 0.15) is 18.5 Å². The Kier molecular flexibility index (Phi) is 6.26. The number of nitrogens with one attached hydrogen (secondary N) is 1. The van der Waals surface area contributed by atoms with E-state index in [1.54, 1.807) is 6.26 Å². The third-order valence-corrected chi connectivity index (χ3v) is 4.28. The first-order valence-corrected chi connectivity index (χ1v) is 7.72. The van der Waals surface area contributed by atoms with Gasteiger partial charge in [0.25, 0.3) is 0 Å². The standard InChI is InChI=1S/C16H20ClN3O.ClH/c1-18-14-6-8-20(9-7-14)10-15-11-21-16(19-15)12-2-4-13(17)5-3-12;/h2-5,11,14,18H,6-10H2,1H3;1H. The second-order valence-electron chi connectivity index (χ2n) is 5.49. The van der Waals surface area contributed by atoms with Crippen LogP contribution in [0.15, 0.2) is 34.9 Å². The van der Waals surface area contributed by atoms with Crippen molar-refractivity contribution in [1.82, 2.24) is 15.2 Å². The minimum atomic E-state index is 0. The van der Waals surface area contributed by atoms with E-state index in [1.165, 1.54) is 12.8 Å². The Morgan fingerprint density at radius 3 is 2.59 bits per heavy atom. The lowest BCUT2D eigenvalue weighted by atomic mass is 10.1. The third kappa shape index (κ3) is 4.23. The van der Waals surface area contributed by atoms with Crippen molar-refractivity contribution >= 4 is 24.0 Å². The summed E-state index contributed by atoms with van der Waals surface area (Å²) in [4.78, 5) is 7.00. The number of aromatic nitrogens is 1. The predicted octanol–water partition coefficient (Wildman–Crippen LogP) is 3.60. The molecule has 0 aliphatic carbocycles. The minimum absolute atomic E-state index is 0. The molecule has 0 unspecified atom stereocenters. The lowest BCUT2D eigenvalue weighted by Gasteiger charge is -2.31. The summed E-state index contributed by atoms with van der Waals surface area (Å²) in [6, 6.07) is 8.21. The van der Waals surface area contributed by atoms with E-state index in [-0.39, 0.29) is 12.4 Å². The topological polar surface area (TPSA) is 41.3 Å². The zero-order valence-corrected chi connectivity index (χ0v) is 14.2. The molecule has 120 valence electrons. The molecule has 0 bridgehead atoms. The van der Waals surface area contributed by atoms with Gasteiger partial charge in [-0.2, -0.15) is 0 Å². The molecule has 0 radical (unpaired) electrons. The highest BCUT2D eigenvalue weighted by molar-refractivity contribution is 6.30. The van der Waals surface area contributed by atoms with Crippen molar-refractivity contribution < 1.29 is 4.42 Å². The zero-order chi connectivity index (χ0) is 14.7. The van der Waals surface area contributed by atoms with Crippen LogP contribution < -0.4 is 5.32 Å². The molecule has 0 amide bonds. The summed E-state index contributed by atoms with van der Waals surface area (Å²) < 4.78 is 5.58. The fourth-order valence-electron chi connectivity index (χ4n) is 2.71. The normalized spacial score (nSPS) is 16.5. The summed E-state index contributed by atoms with van der Waals surface area (Å²) in [6.45, 7) is 3.07. The van der Waals surface area contributed by atoms with E-state index in [1.807, 2.05) is 31.3 Å². The summed E-state index contributed by atoms with van der Waals surface area (Å²) in [7, 11) is 2.04. The highest BCUT2D eigenvalue weighted by atomic mass is 35.5. The number of rotatable bonds is 4. The summed E-state index contributed by atoms with van der Waals surface area (Å²) in [5, 5.41) is 4.07. The summed E-state index contributed by atoms with van der Waals surface area (Å²) in [5.41, 5.74) is 1.95. The molecule has 1 aliphatic rings. The van der Waals surface area contributed by atoms with Crippen molar-refractivity contribution in [3.8, 4) is 11.5 Å². The molecule has 0 saturated carbocycles. The highest BCUT2D eigenvalue weighted by Gasteiger charge is 2.19. The molecule has 6 heteroatoms. The fraction of sp³-hybridized carbons (Fsp3) is 0.438. The van der Waals surface area contributed by atoms with Gasteiger partial charge in [-0.1, -0.05) is 11.6 Å². The van der Waals surface area contributed by atoms with Crippen molar-refractivity contribution in [3.63, 3.8) is 0 Å². The first-order valence-electron chi connectivity index (χ1n) is 7.34. The highest BCUT2D eigenvalue weighted by Crippen LogP contribution is 2.22. The van der Waals surface area contributed by atoms with Crippen molar-refractivity contribution in [2.24, 2.45) is 0 Å². The molecular weight excluding hydrogens is 321 g/mol. The first kappa shape index (κ1) is 17.3. The van der Waals surface area contributed by atoms with E-state index < -0.39 is 0 Å². The number of likely N-dealkylation sites (tertiary alicyclic amines) is 1. The van der Waals surface area contributed by atoms with Gasteiger partial charge in [-0.15, -0.1) is 12.4 Å². The van der Waals surface area contributed by atoms with Crippen LogP contribution >= 0.6 is 24.0 Å². The van der Waals surface area contributed by atoms with Gasteiger partial charge in [0, 0.05) is 36.3 Å². The molecule has 1 fully saturated rings. The Labute approximate surface area is 142 Å². The Balaban J connectivity index is 0.00000176. The number of benzene rings is 1. The molecule has 1 N–H and O–H groups in total. The first-order chi connectivity index (χ1) is 10.2. The number of oxazole rings is 1. The minimum Gasteiger partial charge on any atom is -0.444 e.